The van der Waals surface area contributed by atoms with Gasteiger partial charge in [0.25, 0.3) is 0 Å². The molecule has 0 aliphatic carbocycles. The van der Waals surface area contributed by atoms with Crippen molar-refractivity contribution >= 4 is 11.9 Å². The number of ether oxygens (including phenoxy) is 1. The smallest absolute Gasteiger partial charge is 0.311 e. The monoisotopic (exact) mass is 270 g/mol. The Hall–Kier alpha value is -1.58. The van der Waals surface area contributed by atoms with Crippen molar-refractivity contribution < 1.29 is 19.4 Å². The van der Waals surface area contributed by atoms with Crippen LogP contribution < -0.4 is 0 Å². The molecule has 0 spiro atoms. The number of carboxylic acid groups (broad SMARTS) is 1. The number of carboxylic acids is 1. The van der Waals surface area contributed by atoms with E-state index < -0.39 is 16.8 Å². The standard InChI is InChI=1S/C8H14O2.C7H12O2/c1-5-6-8(2,3)7(9)10-4;1-4-5-7(2,3)6(8)9/h5H,1,6H2,2-4H3;4H,1,5H2,2-3H3,(H,8,9). The summed E-state index contributed by atoms with van der Waals surface area (Å²) in [6.45, 7) is 14.0. The molecule has 0 aliphatic rings. The fourth-order valence-electron chi connectivity index (χ4n) is 1.17. The molecule has 0 rings (SSSR count). The van der Waals surface area contributed by atoms with E-state index in [-0.39, 0.29) is 5.97 Å². The summed E-state index contributed by atoms with van der Waals surface area (Å²) >= 11 is 0. The normalized spacial score (nSPS) is 10.8. The van der Waals surface area contributed by atoms with Crippen molar-refractivity contribution in [3.05, 3.63) is 25.3 Å². The van der Waals surface area contributed by atoms with Crippen LogP contribution in [0.2, 0.25) is 0 Å². The minimum atomic E-state index is -0.776. The van der Waals surface area contributed by atoms with Crippen LogP contribution in [0.25, 0.3) is 0 Å². The van der Waals surface area contributed by atoms with Gasteiger partial charge in [0.2, 0.25) is 0 Å². The highest BCUT2D eigenvalue weighted by atomic mass is 16.5. The maximum atomic E-state index is 11.0. The summed E-state index contributed by atoms with van der Waals surface area (Å²) < 4.78 is 4.58. The summed E-state index contributed by atoms with van der Waals surface area (Å²) in [6.07, 6.45) is 4.51. The number of rotatable bonds is 6. The average molecular weight is 270 g/mol. The molecule has 0 aromatic rings. The molecule has 0 unspecified atom stereocenters. The van der Waals surface area contributed by atoms with E-state index in [0.717, 1.165) is 0 Å². The summed E-state index contributed by atoms with van der Waals surface area (Å²) in [7, 11) is 1.40. The van der Waals surface area contributed by atoms with Gasteiger partial charge in [-0.3, -0.25) is 9.59 Å². The van der Waals surface area contributed by atoms with E-state index in [4.69, 9.17) is 5.11 Å². The molecular weight excluding hydrogens is 244 g/mol. The van der Waals surface area contributed by atoms with Crippen LogP contribution in [0.15, 0.2) is 25.3 Å². The molecule has 0 heterocycles. The lowest BCUT2D eigenvalue weighted by atomic mass is 9.90. The van der Waals surface area contributed by atoms with Gasteiger partial charge in [-0.2, -0.15) is 0 Å². The van der Waals surface area contributed by atoms with E-state index in [0.29, 0.717) is 12.8 Å². The molecule has 110 valence electrons. The van der Waals surface area contributed by atoms with Crippen LogP contribution in [-0.2, 0) is 14.3 Å². The van der Waals surface area contributed by atoms with Gasteiger partial charge in [-0.05, 0) is 40.5 Å². The third-order valence-corrected chi connectivity index (χ3v) is 2.63. The fraction of sp³-hybridized carbons (Fsp3) is 0.600. The summed E-state index contributed by atoms with van der Waals surface area (Å²) in [5.41, 5.74) is -1.07. The van der Waals surface area contributed by atoms with Gasteiger partial charge >= 0.3 is 11.9 Å². The summed E-state index contributed by atoms with van der Waals surface area (Å²) in [4.78, 5) is 21.3. The zero-order valence-electron chi connectivity index (χ0n) is 12.7. The highest BCUT2D eigenvalue weighted by Crippen LogP contribution is 2.21. The Labute approximate surface area is 116 Å². The van der Waals surface area contributed by atoms with E-state index in [1.165, 1.54) is 7.11 Å². The number of allylic oxidation sites excluding steroid dienone is 2. The van der Waals surface area contributed by atoms with E-state index >= 15 is 0 Å². The number of esters is 1. The Kier molecular flexibility index (Phi) is 8.85. The lowest BCUT2D eigenvalue weighted by Gasteiger charge is -2.18. The molecule has 4 heteroatoms. The SMILES string of the molecule is C=CCC(C)(C)C(=O)O.C=CCC(C)(C)C(=O)OC. The molecule has 0 amide bonds. The average Bonchev–Trinajstić information content (AvgIpc) is 2.28. The third kappa shape index (κ3) is 8.19. The van der Waals surface area contributed by atoms with Crippen molar-refractivity contribution in [2.45, 2.75) is 40.5 Å². The number of aliphatic carboxylic acids is 1. The van der Waals surface area contributed by atoms with Gasteiger partial charge in [-0.25, -0.2) is 0 Å². The zero-order valence-corrected chi connectivity index (χ0v) is 12.7. The van der Waals surface area contributed by atoms with Gasteiger partial charge in [-0.15, -0.1) is 13.2 Å². The maximum Gasteiger partial charge on any atom is 0.311 e. The Morgan fingerprint density at radius 2 is 1.42 bits per heavy atom. The van der Waals surface area contributed by atoms with Crippen LogP contribution in [0.1, 0.15) is 40.5 Å². The minimum Gasteiger partial charge on any atom is -0.481 e. The van der Waals surface area contributed by atoms with Crippen molar-refractivity contribution in [3.8, 4) is 0 Å². The summed E-state index contributed by atoms with van der Waals surface area (Å²) in [5.74, 6) is -0.963. The van der Waals surface area contributed by atoms with Crippen LogP contribution in [-0.4, -0.2) is 24.2 Å². The molecule has 0 fully saturated rings. The van der Waals surface area contributed by atoms with E-state index in [1.807, 2.05) is 13.8 Å². The molecule has 0 saturated carbocycles. The number of carbonyl (C=O) groups excluding carboxylic acids is 1. The van der Waals surface area contributed by atoms with E-state index in [9.17, 15) is 9.59 Å². The topological polar surface area (TPSA) is 63.6 Å². The fourth-order valence-corrected chi connectivity index (χ4v) is 1.17. The lowest BCUT2D eigenvalue weighted by Crippen LogP contribution is -2.24. The molecule has 0 atom stereocenters. The van der Waals surface area contributed by atoms with Crippen molar-refractivity contribution in [1.29, 1.82) is 0 Å². The molecule has 0 bridgehead atoms. The maximum absolute atomic E-state index is 11.0. The molecule has 0 saturated heterocycles. The lowest BCUT2D eigenvalue weighted by molar-refractivity contribution is -0.150. The molecule has 0 aliphatic heterocycles. The molecule has 0 radical (unpaired) electrons. The summed E-state index contributed by atoms with van der Waals surface area (Å²) in [6, 6.07) is 0. The summed E-state index contributed by atoms with van der Waals surface area (Å²) in [5, 5.41) is 8.52. The quantitative estimate of drug-likeness (QED) is 0.593. The van der Waals surface area contributed by atoms with E-state index in [1.54, 1.807) is 26.0 Å². The first-order valence-corrected chi connectivity index (χ1v) is 6.08. The molecule has 19 heavy (non-hydrogen) atoms. The van der Waals surface area contributed by atoms with Gasteiger partial charge in [0, 0.05) is 0 Å². The zero-order chi connectivity index (χ0) is 15.7. The largest absolute Gasteiger partial charge is 0.481 e. The number of hydrogen-bond donors (Lipinski definition) is 1. The van der Waals surface area contributed by atoms with Crippen LogP contribution >= 0.6 is 0 Å². The molecular formula is C15H26O4. The number of methoxy groups -OCH3 is 1. The second-order valence-corrected chi connectivity index (χ2v) is 5.55. The van der Waals surface area contributed by atoms with Crippen LogP contribution in [0.3, 0.4) is 0 Å². The second-order valence-electron chi connectivity index (χ2n) is 5.55. The van der Waals surface area contributed by atoms with Crippen LogP contribution in [0.4, 0.5) is 0 Å². The molecule has 4 nitrogen and oxygen atoms in total. The molecule has 1 N–H and O–H groups in total. The van der Waals surface area contributed by atoms with Gasteiger partial charge in [-0.1, -0.05) is 12.2 Å². The van der Waals surface area contributed by atoms with Crippen molar-refractivity contribution in [2.75, 3.05) is 7.11 Å². The van der Waals surface area contributed by atoms with Crippen molar-refractivity contribution in [2.24, 2.45) is 10.8 Å². The van der Waals surface area contributed by atoms with Crippen molar-refractivity contribution in [1.82, 2.24) is 0 Å². The highest BCUT2D eigenvalue weighted by molar-refractivity contribution is 5.75. The Morgan fingerprint density at radius 1 is 1.05 bits per heavy atom. The molecule has 0 aromatic heterocycles. The Balaban J connectivity index is 0. The third-order valence-electron chi connectivity index (χ3n) is 2.63. The van der Waals surface area contributed by atoms with E-state index in [2.05, 4.69) is 17.9 Å². The predicted octanol–water partition coefficient (Wildman–Crippen LogP) is 3.44. The predicted molar refractivity (Wildman–Crippen MR) is 76.8 cm³/mol. The van der Waals surface area contributed by atoms with Crippen molar-refractivity contribution in [3.63, 3.8) is 0 Å². The Bertz CT molecular complexity index is 327. The second kappa shape index (κ2) is 8.51. The van der Waals surface area contributed by atoms with Crippen LogP contribution in [0.5, 0.6) is 0 Å². The first-order chi connectivity index (χ1) is 8.55. The first kappa shape index (κ1) is 19.8. The molecule has 0 aromatic carbocycles. The highest BCUT2D eigenvalue weighted by Gasteiger charge is 2.26. The van der Waals surface area contributed by atoms with Crippen LogP contribution in [0, 0.1) is 10.8 Å². The van der Waals surface area contributed by atoms with Gasteiger partial charge in [0.05, 0.1) is 17.9 Å². The van der Waals surface area contributed by atoms with Gasteiger partial charge in [0.15, 0.2) is 0 Å². The number of hydrogen-bond acceptors (Lipinski definition) is 3. The number of carbonyl (C=O) groups is 2. The Morgan fingerprint density at radius 3 is 1.63 bits per heavy atom. The van der Waals surface area contributed by atoms with Gasteiger partial charge < -0.3 is 9.84 Å². The minimum absolute atomic E-state index is 0.188. The first-order valence-electron chi connectivity index (χ1n) is 6.08. The van der Waals surface area contributed by atoms with Gasteiger partial charge in [0.1, 0.15) is 0 Å².